The third-order valence-corrected chi connectivity index (χ3v) is 4.69. The van der Waals surface area contributed by atoms with Crippen molar-refractivity contribution in [3.63, 3.8) is 0 Å². The van der Waals surface area contributed by atoms with Crippen molar-refractivity contribution in [3.05, 3.63) is 16.1 Å². The number of amides is 1. The molecule has 0 radical (unpaired) electrons. The van der Waals surface area contributed by atoms with Gasteiger partial charge >= 0.3 is 6.18 Å². The van der Waals surface area contributed by atoms with E-state index in [-0.39, 0.29) is 6.04 Å². The van der Waals surface area contributed by atoms with Gasteiger partial charge < -0.3 is 10.4 Å². The lowest BCUT2D eigenvalue weighted by molar-refractivity contribution is -0.267. The molecule has 1 saturated carbocycles. The Hall–Kier alpha value is -1.15. The van der Waals surface area contributed by atoms with E-state index in [0.717, 1.165) is 25.7 Å². The average Bonchev–Trinajstić information content (AvgIpc) is 2.98. The lowest BCUT2D eigenvalue weighted by atomic mass is 9.99. The van der Waals surface area contributed by atoms with Crippen molar-refractivity contribution in [1.82, 2.24) is 10.3 Å². The second-order valence-electron chi connectivity index (χ2n) is 5.38. The number of nitrogens with one attached hydrogen (secondary N) is 1. The third kappa shape index (κ3) is 3.55. The maximum Gasteiger partial charge on any atom is 0.424 e. The Kier molecular flexibility index (Phi) is 4.57. The van der Waals surface area contributed by atoms with Gasteiger partial charge in [-0.15, -0.1) is 11.3 Å². The van der Waals surface area contributed by atoms with Crippen LogP contribution in [0.2, 0.25) is 0 Å². The van der Waals surface area contributed by atoms with Crippen molar-refractivity contribution >= 4 is 17.2 Å². The summed E-state index contributed by atoms with van der Waals surface area (Å²) in [6.45, 7) is 1.54. The average molecular weight is 322 g/mol. The molecule has 21 heavy (non-hydrogen) atoms. The Balaban J connectivity index is 2.15. The molecule has 0 spiro atoms. The van der Waals surface area contributed by atoms with Crippen LogP contribution < -0.4 is 5.32 Å². The summed E-state index contributed by atoms with van der Waals surface area (Å²) < 4.78 is 39.6. The fraction of sp³-hybridized carbons (Fsp3) is 0.692. The van der Waals surface area contributed by atoms with E-state index < -0.39 is 29.1 Å². The summed E-state index contributed by atoms with van der Waals surface area (Å²) >= 11 is 0.707. The summed E-state index contributed by atoms with van der Waals surface area (Å²) in [4.78, 5) is 15.5. The second-order valence-corrected chi connectivity index (χ2v) is 6.24. The third-order valence-electron chi connectivity index (χ3n) is 3.58. The number of rotatable bonds is 4. The number of aliphatic hydroxyl groups is 1. The SMILES string of the molecule is Cc1csc([C@](O)(CC(=O)NC2CCCC2)C(F)(F)F)n1. The van der Waals surface area contributed by atoms with E-state index in [9.17, 15) is 23.1 Å². The lowest BCUT2D eigenvalue weighted by Gasteiger charge is -2.28. The summed E-state index contributed by atoms with van der Waals surface area (Å²) in [6.07, 6.45) is -2.55. The predicted octanol–water partition coefficient (Wildman–Crippen LogP) is 2.65. The van der Waals surface area contributed by atoms with Crippen molar-refractivity contribution in [2.24, 2.45) is 0 Å². The number of carbonyl (C=O) groups excluding carboxylic acids is 1. The van der Waals surface area contributed by atoms with Crippen molar-refractivity contribution in [3.8, 4) is 0 Å². The highest BCUT2D eigenvalue weighted by molar-refractivity contribution is 7.09. The molecule has 2 N–H and O–H groups in total. The maximum absolute atomic E-state index is 13.2. The Labute approximate surface area is 124 Å². The molecule has 118 valence electrons. The van der Waals surface area contributed by atoms with E-state index in [1.165, 1.54) is 12.3 Å². The largest absolute Gasteiger partial charge is 0.424 e. The summed E-state index contributed by atoms with van der Waals surface area (Å²) in [5.41, 5.74) is -2.84. The fourth-order valence-electron chi connectivity index (χ4n) is 2.42. The molecule has 0 aromatic carbocycles. The van der Waals surface area contributed by atoms with Gasteiger partial charge in [-0.1, -0.05) is 12.8 Å². The fourth-order valence-corrected chi connectivity index (χ4v) is 3.34. The number of aryl methyl sites for hydroxylation is 1. The molecule has 1 atom stereocenters. The number of hydrogen-bond donors (Lipinski definition) is 2. The lowest BCUT2D eigenvalue weighted by Crippen LogP contribution is -2.47. The molecule has 0 bridgehead atoms. The number of alkyl halides is 3. The maximum atomic E-state index is 13.2. The molecule has 0 aliphatic heterocycles. The van der Waals surface area contributed by atoms with Crippen LogP contribution in [0, 0.1) is 6.92 Å². The second kappa shape index (κ2) is 5.92. The van der Waals surface area contributed by atoms with Gasteiger partial charge in [0.05, 0.1) is 6.42 Å². The van der Waals surface area contributed by atoms with Gasteiger partial charge in [0.15, 0.2) is 0 Å². The smallest absolute Gasteiger partial charge is 0.374 e. The molecular formula is C13H17F3N2O2S. The van der Waals surface area contributed by atoms with Crippen molar-refractivity contribution in [1.29, 1.82) is 0 Å². The number of thiazole rings is 1. The zero-order chi connectivity index (χ0) is 15.7. The Morgan fingerprint density at radius 3 is 2.57 bits per heavy atom. The van der Waals surface area contributed by atoms with E-state index in [0.29, 0.717) is 17.0 Å². The van der Waals surface area contributed by atoms with E-state index in [2.05, 4.69) is 10.3 Å². The van der Waals surface area contributed by atoms with E-state index in [1.54, 1.807) is 0 Å². The van der Waals surface area contributed by atoms with Crippen LogP contribution in [-0.4, -0.2) is 28.2 Å². The highest BCUT2D eigenvalue weighted by atomic mass is 32.1. The van der Waals surface area contributed by atoms with Crippen molar-refractivity contribution in [2.45, 2.75) is 56.8 Å². The first-order valence-corrected chi connectivity index (χ1v) is 7.61. The van der Waals surface area contributed by atoms with Gasteiger partial charge in [-0.3, -0.25) is 4.79 Å². The summed E-state index contributed by atoms with van der Waals surface area (Å²) in [5.74, 6) is -0.797. The summed E-state index contributed by atoms with van der Waals surface area (Å²) in [5, 5.41) is 13.5. The molecule has 4 nitrogen and oxygen atoms in total. The molecule has 2 rings (SSSR count). The molecule has 1 fully saturated rings. The van der Waals surface area contributed by atoms with Crippen LogP contribution in [0.1, 0.15) is 42.8 Å². The van der Waals surface area contributed by atoms with Gasteiger partial charge in [0.25, 0.3) is 0 Å². The zero-order valence-electron chi connectivity index (χ0n) is 11.5. The molecule has 1 aromatic rings. The van der Waals surface area contributed by atoms with Crippen LogP contribution in [0.5, 0.6) is 0 Å². The number of carbonyl (C=O) groups is 1. The molecule has 8 heteroatoms. The van der Waals surface area contributed by atoms with E-state index in [4.69, 9.17) is 0 Å². The van der Waals surface area contributed by atoms with Crippen molar-refractivity contribution < 1.29 is 23.1 Å². The van der Waals surface area contributed by atoms with Crippen LogP contribution in [0.25, 0.3) is 0 Å². The van der Waals surface area contributed by atoms with E-state index >= 15 is 0 Å². The first kappa shape index (κ1) is 16.2. The molecule has 0 unspecified atom stereocenters. The van der Waals surface area contributed by atoms with Gasteiger partial charge in [0.1, 0.15) is 5.01 Å². The topological polar surface area (TPSA) is 62.2 Å². The van der Waals surface area contributed by atoms with Crippen molar-refractivity contribution in [2.75, 3.05) is 0 Å². The number of aromatic nitrogens is 1. The highest BCUT2D eigenvalue weighted by Gasteiger charge is 2.58. The Bertz CT molecular complexity index is 512. The standard InChI is InChI=1S/C13H17F3N2O2S/c1-8-7-21-11(17-8)12(20,13(14,15)16)6-10(19)18-9-4-2-3-5-9/h7,9,20H,2-6H2,1H3,(H,18,19)/t12-/m1/s1. The normalized spacial score (nSPS) is 19.5. The number of halogens is 3. The van der Waals surface area contributed by atoms with E-state index in [1.807, 2.05) is 0 Å². The molecular weight excluding hydrogens is 305 g/mol. The van der Waals surface area contributed by atoms with Crippen LogP contribution in [0.4, 0.5) is 13.2 Å². The Morgan fingerprint density at radius 2 is 2.10 bits per heavy atom. The molecule has 1 heterocycles. The van der Waals surface area contributed by atoms with Gasteiger partial charge in [-0.25, -0.2) is 4.98 Å². The quantitative estimate of drug-likeness (QED) is 0.896. The van der Waals surface area contributed by atoms with Gasteiger partial charge in [-0.2, -0.15) is 13.2 Å². The molecule has 1 aliphatic carbocycles. The first-order chi connectivity index (χ1) is 9.72. The van der Waals surface area contributed by atoms with Gasteiger partial charge in [0, 0.05) is 17.1 Å². The zero-order valence-corrected chi connectivity index (χ0v) is 12.4. The predicted molar refractivity (Wildman–Crippen MR) is 71.8 cm³/mol. The minimum absolute atomic E-state index is 0.0898. The summed E-state index contributed by atoms with van der Waals surface area (Å²) in [7, 11) is 0. The minimum Gasteiger partial charge on any atom is -0.374 e. The van der Waals surface area contributed by atoms with Crippen LogP contribution in [0.3, 0.4) is 0 Å². The summed E-state index contributed by atoms with van der Waals surface area (Å²) in [6, 6.07) is -0.0898. The number of nitrogens with zero attached hydrogens (tertiary/aromatic N) is 1. The monoisotopic (exact) mass is 322 g/mol. The van der Waals surface area contributed by atoms with Crippen LogP contribution in [-0.2, 0) is 10.4 Å². The molecule has 1 aromatic heterocycles. The van der Waals surface area contributed by atoms with Gasteiger partial charge in [0.2, 0.25) is 11.5 Å². The first-order valence-electron chi connectivity index (χ1n) is 6.73. The van der Waals surface area contributed by atoms with Gasteiger partial charge in [-0.05, 0) is 19.8 Å². The molecule has 0 saturated heterocycles. The van der Waals surface area contributed by atoms with Crippen LogP contribution in [0.15, 0.2) is 5.38 Å². The van der Waals surface area contributed by atoms with Crippen LogP contribution >= 0.6 is 11.3 Å². The minimum atomic E-state index is -4.95. The molecule has 1 amide bonds. The number of hydrogen-bond acceptors (Lipinski definition) is 4. The Morgan fingerprint density at radius 1 is 1.48 bits per heavy atom. The molecule has 1 aliphatic rings. The highest BCUT2D eigenvalue weighted by Crippen LogP contribution is 2.42.